The van der Waals surface area contributed by atoms with Crippen LogP contribution in [0.4, 0.5) is 0 Å². The van der Waals surface area contributed by atoms with Gasteiger partial charge in [0.15, 0.2) is 0 Å². The number of aliphatic imine (C=N–C) groups is 1. The SMILES string of the molecule is CCCC1CCC(NC2=NCCCC2)CC1. The summed E-state index contributed by atoms with van der Waals surface area (Å²) in [5.41, 5.74) is 0. The zero-order valence-electron chi connectivity index (χ0n) is 10.7. The molecular weight excluding hydrogens is 196 g/mol. The van der Waals surface area contributed by atoms with E-state index in [1.807, 2.05) is 0 Å². The van der Waals surface area contributed by atoms with E-state index in [0.29, 0.717) is 0 Å². The number of rotatable bonds is 3. The van der Waals surface area contributed by atoms with Crippen LogP contribution in [0.3, 0.4) is 0 Å². The second kappa shape index (κ2) is 6.27. The fourth-order valence-corrected chi connectivity index (χ4v) is 3.05. The van der Waals surface area contributed by atoms with Crippen LogP contribution in [0.25, 0.3) is 0 Å². The minimum atomic E-state index is 0.727. The molecule has 2 aliphatic rings. The van der Waals surface area contributed by atoms with Gasteiger partial charge in [-0.1, -0.05) is 19.8 Å². The van der Waals surface area contributed by atoms with Crippen LogP contribution in [0.2, 0.25) is 0 Å². The summed E-state index contributed by atoms with van der Waals surface area (Å²) in [5.74, 6) is 2.31. The van der Waals surface area contributed by atoms with Gasteiger partial charge in [-0.05, 0) is 44.4 Å². The fourth-order valence-electron chi connectivity index (χ4n) is 3.05. The quantitative estimate of drug-likeness (QED) is 0.776. The van der Waals surface area contributed by atoms with Crippen molar-refractivity contribution in [2.75, 3.05) is 6.54 Å². The molecule has 0 amide bonds. The van der Waals surface area contributed by atoms with Gasteiger partial charge in [-0.3, -0.25) is 4.99 Å². The third kappa shape index (κ3) is 3.50. The standard InChI is InChI=1S/C14H26N2/c1-2-5-12-7-9-13(10-8-12)16-14-6-3-4-11-15-14/h12-13H,2-11H2,1H3,(H,15,16). The number of nitrogens with zero attached hydrogens (tertiary/aromatic N) is 1. The van der Waals surface area contributed by atoms with Gasteiger partial charge in [0.2, 0.25) is 0 Å². The number of hydrogen-bond donors (Lipinski definition) is 1. The summed E-state index contributed by atoms with van der Waals surface area (Å²) in [4.78, 5) is 4.58. The van der Waals surface area contributed by atoms with Crippen molar-refractivity contribution >= 4 is 5.84 Å². The van der Waals surface area contributed by atoms with E-state index in [0.717, 1.165) is 18.5 Å². The maximum Gasteiger partial charge on any atom is 0.0965 e. The molecule has 1 aliphatic heterocycles. The summed E-state index contributed by atoms with van der Waals surface area (Å²) >= 11 is 0. The van der Waals surface area contributed by atoms with Crippen molar-refractivity contribution in [2.24, 2.45) is 10.9 Å². The van der Waals surface area contributed by atoms with Crippen LogP contribution in [0, 0.1) is 5.92 Å². The van der Waals surface area contributed by atoms with E-state index in [9.17, 15) is 0 Å². The molecule has 2 heteroatoms. The van der Waals surface area contributed by atoms with Crippen molar-refractivity contribution in [3.8, 4) is 0 Å². The van der Waals surface area contributed by atoms with Gasteiger partial charge in [-0.15, -0.1) is 0 Å². The van der Waals surface area contributed by atoms with Crippen LogP contribution < -0.4 is 5.32 Å². The van der Waals surface area contributed by atoms with E-state index < -0.39 is 0 Å². The molecule has 0 atom stereocenters. The average molecular weight is 222 g/mol. The molecule has 0 aromatic rings. The first-order valence-electron chi connectivity index (χ1n) is 7.18. The van der Waals surface area contributed by atoms with E-state index in [1.54, 1.807) is 0 Å². The van der Waals surface area contributed by atoms with Crippen LogP contribution in [0.5, 0.6) is 0 Å². The molecule has 0 saturated heterocycles. The van der Waals surface area contributed by atoms with E-state index in [1.165, 1.54) is 63.6 Å². The predicted molar refractivity (Wildman–Crippen MR) is 69.9 cm³/mol. The third-order valence-electron chi connectivity index (χ3n) is 4.04. The molecule has 1 N–H and O–H groups in total. The zero-order chi connectivity index (χ0) is 11.2. The van der Waals surface area contributed by atoms with E-state index in [4.69, 9.17) is 0 Å². The molecule has 2 rings (SSSR count). The van der Waals surface area contributed by atoms with Crippen molar-refractivity contribution in [1.82, 2.24) is 5.32 Å². The first-order chi connectivity index (χ1) is 7.88. The van der Waals surface area contributed by atoms with Gasteiger partial charge >= 0.3 is 0 Å². The molecular formula is C14H26N2. The molecule has 1 aliphatic carbocycles. The highest BCUT2D eigenvalue weighted by atomic mass is 15.0. The van der Waals surface area contributed by atoms with Gasteiger partial charge in [-0.25, -0.2) is 0 Å². The van der Waals surface area contributed by atoms with Gasteiger partial charge < -0.3 is 5.32 Å². The Bertz CT molecular complexity index is 227. The maximum absolute atomic E-state index is 4.58. The number of hydrogen-bond acceptors (Lipinski definition) is 2. The summed E-state index contributed by atoms with van der Waals surface area (Å²) in [7, 11) is 0. The smallest absolute Gasteiger partial charge is 0.0965 e. The van der Waals surface area contributed by atoms with Crippen molar-refractivity contribution in [2.45, 2.75) is 70.8 Å². The van der Waals surface area contributed by atoms with Crippen LogP contribution in [-0.4, -0.2) is 18.4 Å². The van der Waals surface area contributed by atoms with Gasteiger partial charge in [0.1, 0.15) is 0 Å². The second-order valence-electron chi connectivity index (χ2n) is 5.44. The van der Waals surface area contributed by atoms with Crippen molar-refractivity contribution in [3.05, 3.63) is 0 Å². The molecule has 0 spiro atoms. The lowest BCUT2D eigenvalue weighted by molar-refractivity contribution is 0.295. The van der Waals surface area contributed by atoms with Crippen molar-refractivity contribution < 1.29 is 0 Å². The van der Waals surface area contributed by atoms with Crippen LogP contribution in [0.1, 0.15) is 64.7 Å². The minimum absolute atomic E-state index is 0.727. The Morgan fingerprint density at radius 1 is 1.19 bits per heavy atom. The Labute approximate surface area is 99.9 Å². The maximum atomic E-state index is 4.58. The largest absolute Gasteiger partial charge is 0.371 e. The average Bonchev–Trinajstić information content (AvgIpc) is 2.33. The highest BCUT2D eigenvalue weighted by Gasteiger charge is 2.21. The lowest BCUT2D eigenvalue weighted by Gasteiger charge is -2.30. The summed E-state index contributed by atoms with van der Waals surface area (Å²) in [6, 6.07) is 0.727. The van der Waals surface area contributed by atoms with Gasteiger partial charge in [-0.2, -0.15) is 0 Å². The molecule has 2 nitrogen and oxygen atoms in total. The Kier molecular flexibility index (Phi) is 4.68. The summed E-state index contributed by atoms with van der Waals surface area (Å²) in [6.45, 7) is 3.36. The predicted octanol–water partition coefficient (Wildman–Crippen LogP) is 3.52. The molecule has 1 fully saturated rings. The zero-order valence-corrected chi connectivity index (χ0v) is 10.7. The minimum Gasteiger partial charge on any atom is -0.371 e. The van der Waals surface area contributed by atoms with Gasteiger partial charge in [0.05, 0.1) is 5.84 Å². The number of amidine groups is 1. The highest BCUT2D eigenvalue weighted by molar-refractivity contribution is 5.82. The number of nitrogens with one attached hydrogen (secondary N) is 1. The fraction of sp³-hybridized carbons (Fsp3) is 0.929. The Morgan fingerprint density at radius 2 is 2.00 bits per heavy atom. The summed E-state index contributed by atoms with van der Waals surface area (Å²) < 4.78 is 0. The van der Waals surface area contributed by atoms with Crippen molar-refractivity contribution in [1.29, 1.82) is 0 Å². The summed E-state index contributed by atoms with van der Waals surface area (Å²) in [6.07, 6.45) is 12.2. The monoisotopic (exact) mass is 222 g/mol. The van der Waals surface area contributed by atoms with Gasteiger partial charge in [0.25, 0.3) is 0 Å². The van der Waals surface area contributed by atoms with Crippen LogP contribution in [0.15, 0.2) is 4.99 Å². The Hall–Kier alpha value is -0.530. The Balaban J connectivity index is 1.70. The molecule has 0 unspecified atom stereocenters. The third-order valence-corrected chi connectivity index (χ3v) is 4.04. The highest BCUT2D eigenvalue weighted by Crippen LogP contribution is 2.27. The molecule has 0 aromatic carbocycles. The topological polar surface area (TPSA) is 24.4 Å². The summed E-state index contributed by atoms with van der Waals surface area (Å²) in [5, 5.41) is 3.67. The first-order valence-corrected chi connectivity index (χ1v) is 7.18. The second-order valence-corrected chi connectivity index (χ2v) is 5.44. The molecule has 16 heavy (non-hydrogen) atoms. The molecule has 0 aromatic heterocycles. The Morgan fingerprint density at radius 3 is 2.62 bits per heavy atom. The molecule has 1 saturated carbocycles. The first kappa shape index (κ1) is 11.9. The van der Waals surface area contributed by atoms with E-state index in [2.05, 4.69) is 17.2 Å². The lowest BCUT2D eigenvalue weighted by atomic mass is 9.83. The normalized spacial score (nSPS) is 30.9. The molecule has 1 heterocycles. The molecule has 0 bridgehead atoms. The van der Waals surface area contributed by atoms with Crippen molar-refractivity contribution in [3.63, 3.8) is 0 Å². The van der Waals surface area contributed by atoms with E-state index >= 15 is 0 Å². The van der Waals surface area contributed by atoms with E-state index in [-0.39, 0.29) is 0 Å². The lowest BCUT2D eigenvalue weighted by Crippen LogP contribution is -2.38. The molecule has 0 radical (unpaired) electrons. The van der Waals surface area contributed by atoms with Crippen LogP contribution >= 0.6 is 0 Å². The van der Waals surface area contributed by atoms with Gasteiger partial charge in [0, 0.05) is 19.0 Å². The molecule has 92 valence electrons. The van der Waals surface area contributed by atoms with Crippen LogP contribution in [-0.2, 0) is 0 Å².